The average Bonchev–Trinajstić information content (AvgIpc) is 2.09. The van der Waals surface area contributed by atoms with Gasteiger partial charge >= 0.3 is 15.5 Å². The summed E-state index contributed by atoms with van der Waals surface area (Å²) in [6.45, 7) is -0.257. The highest BCUT2D eigenvalue weighted by Crippen LogP contribution is 2.21. The molecule has 0 atom stereocenters. The molecule has 0 saturated heterocycles. The minimum absolute atomic E-state index is 0.257. The number of nitrogens with zero attached hydrogens (tertiary/aromatic N) is 1. The zero-order valence-corrected chi connectivity index (χ0v) is 8.66. The molecular weight excluding hydrogens is 233 g/mol. The van der Waals surface area contributed by atoms with Crippen LogP contribution in [0.1, 0.15) is 25.7 Å². The summed E-state index contributed by atoms with van der Waals surface area (Å²) in [6.07, 6.45) is 1.70. The van der Waals surface area contributed by atoms with Crippen LogP contribution in [0.5, 0.6) is 0 Å². The molecule has 0 rings (SSSR count). The molecule has 0 bridgehead atoms. The number of rotatable bonds is 6. The van der Waals surface area contributed by atoms with Crippen molar-refractivity contribution >= 4 is 10.0 Å². The summed E-state index contributed by atoms with van der Waals surface area (Å²) in [4.78, 5) is 0. The Morgan fingerprint density at radius 1 is 1.20 bits per heavy atom. The van der Waals surface area contributed by atoms with Crippen molar-refractivity contribution in [2.45, 2.75) is 31.2 Å². The molecule has 0 aliphatic heterocycles. The quantitative estimate of drug-likeness (QED) is 0.720. The topological polar surface area (TPSA) is 70.0 Å². The first-order valence-electron chi connectivity index (χ1n) is 4.24. The molecule has 0 saturated carbocycles. The highest BCUT2D eigenvalue weighted by atomic mass is 32.2. The molecule has 0 heterocycles. The summed E-state index contributed by atoms with van der Waals surface area (Å²) in [5, 5.41) is 8.15. The fourth-order valence-corrected chi connectivity index (χ4v) is 1.37. The van der Waals surface area contributed by atoms with Crippen LogP contribution in [0.25, 0.3) is 0 Å². The molecule has 0 spiro atoms. The molecule has 8 heteroatoms. The molecule has 1 N–H and O–H groups in total. The Bertz CT molecular complexity index is 318. The lowest BCUT2D eigenvalue weighted by Gasteiger charge is -2.08. The number of sulfonamides is 1. The SMILES string of the molecule is N#CCCCCCNS(=O)(=O)C(F)(F)F. The minimum Gasteiger partial charge on any atom is -0.207 e. The van der Waals surface area contributed by atoms with Crippen molar-refractivity contribution in [1.82, 2.24) is 4.72 Å². The number of nitrogens with one attached hydrogen (secondary N) is 1. The van der Waals surface area contributed by atoms with E-state index in [1.54, 1.807) is 0 Å². The normalized spacial score (nSPS) is 12.4. The van der Waals surface area contributed by atoms with Crippen LogP contribution in [0, 0.1) is 11.3 Å². The van der Waals surface area contributed by atoms with Crippen LogP contribution >= 0.6 is 0 Å². The van der Waals surface area contributed by atoms with Crippen LogP contribution in [0.2, 0.25) is 0 Å². The number of alkyl halides is 3. The predicted molar refractivity (Wildman–Crippen MR) is 47.1 cm³/mol. The fraction of sp³-hybridized carbons (Fsp3) is 0.857. The summed E-state index contributed by atoms with van der Waals surface area (Å²) in [5.74, 6) is 0. The van der Waals surface area contributed by atoms with Crippen molar-refractivity contribution in [1.29, 1.82) is 5.26 Å². The lowest BCUT2D eigenvalue weighted by atomic mass is 10.2. The van der Waals surface area contributed by atoms with E-state index in [1.165, 1.54) is 4.72 Å². The van der Waals surface area contributed by atoms with Gasteiger partial charge < -0.3 is 0 Å². The van der Waals surface area contributed by atoms with Gasteiger partial charge in [0.1, 0.15) is 0 Å². The van der Waals surface area contributed by atoms with E-state index in [0.29, 0.717) is 19.3 Å². The van der Waals surface area contributed by atoms with Crippen molar-refractivity contribution < 1.29 is 21.6 Å². The number of hydrogen-bond acceptors (Lipinski definition) is 3. The molecule has 15 heavy (non-hydrogen) atoms. The standard InChI is InChI=1S/C7H11F3N2O2S/c8-7(9,10)15(13,14)12-6-4-2-1-3-5-11/h12H,1-4,6H2. The molecule has 0 aromatic carbocycles. The van der Waals surface area contributed by atoms with Crippen LogP contribution in [0.4, 0.5) is 13.2 Å². The Balaban J connectivity index is 3.75. The maximum Gasteiger partial charge on any atom is 0.511 e. The van der Waals surface area contributed by atoms with Crippen LogP contribution < -0.4 is 4.72 Å². The molecule has 0 unspecified atom stereocenters. The summed E-state index contributed by atoms with van der Waals surface area (Å²) in [5.41, 5.74) is -5.25. The Morgan fingerprint density at radius 3 is 2.27 bits per heavy atom. The van der Waals surface area contributed by atoms with Crippen LogP contribution in [0.15, 0.2) is 0 Å². The molecule has 0 aromatic rings. The molecule has 0 aliphatic carbocycles. The second-order valence-electron chi connectivity index (χ2n) is 2.81. The van der Waals surface area contributed by atoms with E-state index in [0.717, 1.165) is 0 Å². The van der Waals surface area contributed by atoms with Crippen molar-refractivity contribution in [2.24, 2.45) is 0 Å². The van der Waals surface area contributed by atoms with Crippen LogP contribution in [-0.2, 0) is 10.0 Å². The Hall–Kier alpha value is -0.810. The lowest BCUT2D eigenvalue weighted by Crippen LogP contribution is -2.36. The predicted octanol–water partition coefficient (Wildman–Crippen LogP) is 1.51. The van der Waals surface area contributed by atoms with Crippen molar-refractivity contribution in [3.63, 3.8) is 0 Å². The fourth-order valence-electron chi connectivity index (χ4n) is 0.794. The first-order chi connectivity index (χ1) is 6.81. The largest absolute Gasteiger partial charge is 0.511 e. The zero-order valence-electron chi connectivity index (χ0n) is 7.84. The Labute approximate surface area is 86.1 Å². The van der Waals surface area contributed by atoms with Gasteiger partial charge in [-0.15, -0.1) is 0 Å². The highest BCUT2D eigenvalue weighted by molar-refractivity contribution is 7.90. The lowest BCUT2D eigenvalue weighted by molar-refractivity contribution is -0.0447. The molecule has 0 aliphatic rings. The van der Waals surface area contributed by atoms with E-state index in [9.17, 15) is 21.6 Å². The first-order valence-corrected chi connectivity index (χ1v) is 5.72. The molecule has 0 fully saturated rings. The van der Waals surface area contributed by atoms with Gasteiger partial charge in [0.15, 0.2) is 0 Å². The minimum atomic E-state index is -5.25. The van der Waals surface area contributed by atoms with Gasteiger partial charge in [-0.2, -0.15) is 18.4 Å². The smallest absolute Gasteiger partial charge is 0.207 e. The molecule has 0 radical (unpaired) electrons. The van der Waals surface area contributed by atoms with E-state index < -0.39 is 15.5 Å². The highest BCUT2D eigenvalue weighted by Gasteiger charge is 2.45. The summed E-state index contributed by atoms with van der Waals surface area (Å²) >= 11 is 0. The van der Waals surface area contributed by atoms with Gasteiger partial charge in [-0.1, -0.05) is 6.42 Å². The van der Waals surface area contributed by atoms with Crippen LogP contribution in [-0.4, -0.2) is 20.5 Å². The van der Waals surface area contributed by atoms with Crippen molar-refractivity contribution in [2.75, 3.05) is 6.54 Å². The van der Waals surface area contributed by atoms with Gasteiger partial charge in [-0.25, -0.2) is 13.1 Å². The third-order valence-corrected chi connectivity index (χ3v) is 2.76. The second-order valence-corrected chi connectivity index (χ2v) is 4.57. The number of nitriles is 1. The molecule has 0 aromatic heterocycles. The third kappa shape index (κ3) is 5.59. The number of halogens is 3. The molecular formula is C7H11F3N2O2S. The van der Waals surface area contributed by atoms with E-state index >= 15 is 0 Å². The van der Waals surface area contributed by atoms with Gasteiger partial charge in [-0.05, 0) is 12.8 Å². The molecule has 4 nitrogen and oxygen atoms in total. The van der Waals surface area contributed by atoms with Crippen molar-refractivity contribution in [3.8, 4) is 6.07 Å². The number of unbranched alkanes of at least 4 members (excludes halogenated alkanes) is 3. The van der Waals surface area contributed by atoms with Gasteiger partial charge in [0.2, 0.25) is 0 Å². The number of hydrogen-bond donors (Lipinski definition) is 1. The zero-order chi connectivity index (χ0) is 11.9. The van der Waals surface area contributed by atoms with Gasteiger partial charge in [0.25, 0.3) is 0 Å². The van der Waals surface area contributed by atoms with Crippen LogP contribution in [0.3, 0.4) is 0 Å². The first kappa shape index (κ1) is 14.2. The summed E-state index contributed by atoms with van der Waals surface area (Å²) in [6, 6.07) is 1.88. The maximum atomic E-state index is 11.8. The van der Waals surface area contributed by atoms with E-state index in [-0.39, 0.29) is 13.0 Å². The van der Waals surface area contributed by atoms with Gasteiger partial charge in [0, 0.05) is 13.0 Å². The van der Waals surface area contributed by atoms with E-state index in [1.807, 2.05) is 6.07 Å². The third-order valence-electron chi connectivity index (χ3n) is 1.56. The Kier molecular flexibility index (Phi) is 5.60. The van der Waals surface area contributed by atoms with Gasteiger partial charge in [-0.3, -0.25) is 0 Å². The van der Waals surface area contributed by atoms with Crippen molar-refractivity contribution in [3.05, 3.63) is 0 Å². The molecule has 88 valence electrons. The summed E-state index contributed by atoms with van der Waals surface area (Å²) in [7, 11) is -5.21. The average molecular weight is 244 g/mol. The summed E-state index contributed by atoms with van der Waals surface area (Å²) < 4.78 is 57.7. The second kappa shape index (κ2) is 5.92. The van der Waals surface area contributed by atoms with E-state index in [4.69, 9.17) is 5.26 Å². The maximum absolute atomic E-state index is 11.8. The molecule has 0 amide bonds. The van der Waals surface area contributed by atoms with Gasteiger partial charge in [0.05, 0.1) is 6.07 Å². The monoisotopic (exact) mass is 244 g/mol. The Morgan fingerprint density at radius 2 is 1.80 bits per heavy atom. The van der Waals surface area contributed by atoms with E-state index in [2.05, 4.69) is 0 Å².